The van der Waals surface area contributed by atoms with Crippen molar-refractivity contribution in [1.82, 2.24) is 25.1 Å². The summed E-state index contributed by atoms with van der Waals surface area (Å²) < 4.78 is 27.8. The maximum absolute atomic E-state index is 14.0. The highest BCUT2D eigenvalue weighted by molar-refractivity contribution is 6.06. The van der Waals surface area contributed by atoms with Gasteiger partial charge in [-0.15, -0.1) is 0 Å². The van der Waals surface area contributed by atoms with Crippen molar-refractivity contribution in [2.75, 3.05) is 41.0 Å². The van der Waals surface area contributed by atoms with Crippen LogP contribution < -0.4 is 14.8 Å². The third-order valence-corrected chi connectivity index (χ3v) is 7.18. The van der Waals surface area contributed by atoms with Crippen LogP contribution in [-0.4, -0.2) is 90.0 Å². The average molecular weight is 606 g/mol. The minimum atomic E-state index is -1.61. The second-order valence-electron chi connectivity index (χ2n) is 10.3. The van der Waals surface area contributed by atoms with Gasteiger partial charge in [-0.3, -0.25) is 19.4 Å². The van der Waals surface area contributed by atoms with E-state index in [1.54, 1.807) is 57.5 Å². The lowest BCUT2D eigenvalue weighted by Gasteiger charge is -2.37. The van der Waals surface area contributed by atoms with E-state index in [0.717, 1.165) is 4.90 Å². The number of nitrogens with zero attached hydrogens (tertiary/aromatic N) is 4. The maximum atomic E-state index is 14.0. The van der Waals surface area contributed by atoms with Gasteiger partial charge in [-0.1, -0.05) is 0 Å². The normalized spacial score (nSPS) is 16.1. The van der Waals surface area contributed by atoms with Gasteiger partial charge in [-0.25, -0.2) is 9.78 Å². The molecule has 0 unspecified atom stereocenters. The Kier molecular flexibility index (Phi) is 8.25. The Morgan fingerprint density at radius 2 is 2.00 bits per heavy atom. The van der Waals surface area contributed by atoms with E-state index >= 15 is 0 Å². The second kappa shape index (κ2) is 12.1. The molecule has 5 rings (SSSR count). The Hall–Kier alpha value is -5.40. The van der Waals surface area contributed by atoms with Crippen molar-refractivity contribution >= 4 is 34.7 Å². The van der Waals surface area contributed by atoms with Gasteiger partial charge in [0.2, 0.25) is 23.5 Å². The summed E-state index contributed by atoms with van der Waals surface area (Å²) in [7, 11) is 4.60. The molecule has 4 heterocycles. The van der Waals surface area contributed by atoms with Gasteiger partial charge in [0.1, 0.15) is 36.4 Å². The zero-order valence-electron chi connectivity index (χ0n) is 24.8. The summed E-state index contributed by atoms with van der Waals surface area (Å²) in [5.74, 6) is -1.73. The molecule has 0 aliphatic carbocycles. The third-order valence-electron chi connectivity index (χ3n) is 7.18. The van der Waals surface area contributed by atoms with Crippen LogP contribution in [0.1, 0.15) is 40.6 Å². The van der Waals surface area contributed by atoms with Crippen LogP contribution in [0.25, 0.3) is 22.4 Å². The first-order chi connectivity index (χ1) is 21.1. The number of benzene rings is 1. The Morgan fingerprint density at radius 1 is 1.20 bits per heavy atom. The van der Waals surface area contributed by atoms with E-state index in [2.05, 4.69) is 15.3 Å². The van der Waals surface area contributed by atoms with Crippen LogP contribution in [-0.2, 0) is 20.9 Å². The second-order valence-corrected chi connectivity index (χ2v) is 10.3. The van der Waals surface area contributed by atoms with Crippen molar-refractivity contribution in [2.45, 2.75) is 25.9 Å². The zero-order valence-corrected chi connectivity index (χ0v) is 24.8. The highest BCUT2D eigenvalue weighted by Gasteiger charge is 2.49. The summed E-state index contributed by atoms with van der Waals surface area (Å²) in [6.45, 7) is 2.71. The van der Waals surface area contributed by atoms with Crippen LogP contribution in [0.15, 0.2) is 51.6 Å². The number of carbonyl (C=O) groups is 4. The topological polar surface area (TPSA) is 167 Å². The van der Waals surface area contributed by atoms with Crippen LogP contribution in [0.5, 0.6) is 11.5 Å². The molecule has 0 fully saturated rings. The molecule has 0 spiro atoms. The number of methoxy groups -OCH3 is 1. The number of nitrogens with one attached hydrogen (secondary N) is 1. The number of hydrogen-bond donors (Lipinski definition) is 1. The number of fused-ring (bicyclic) bond motifs is 3. The van der Waals surface area contributed by atoms with Crippen molar-refractivity contribution < 1.29 is 42.2 Å². The van der Waals surface area contributed by atoms with Gasteiger partial charge in [0, 0.05) is 25.9 Å². The molecule has 14 heteroatoms. The lowest BCUT2D eigenvalue weighted by atomic mass is 9.99. The molecule has 1 atom stereocenters. The molecule has 14 nitrogen and oxygen atoms in total. The van der Waals surface area contributed by atoms with E-state index in [1.807, 2.05) is 0 Å². The molecule has 0 bridgehead atoms. The summed E-state index contributed by atoms with van der Waals surface area (Å²) in [5, 5.41) is 3.26. The van der Waals surface area contributed by atoms with Gasteiger partial charge in [0.05, 0.1) is 25.6 Å². The molecule has 0 saturated carbocycles. The predicted octanol–water partition coefficient (Wildman–Crippen LogP) is 2.67. The number of esters is 1. The molecule has 0 radical (unpaired) electrons. The third kappa shape index (κ3) is 5.53. The van der Waals surface area contributed by atoms with Gasteiger partial charge in [-0.05, 0) is 44.2 Å². The summed E-state index contributed by atoms with van der Waals surface area (Å²) >= 11 is 0. The Bertz CT molecular complexity index is 1740. The molecular formula is C30H31N5O9. The monoisotopic (exact) mass is 605 g/mol. The number of amides is 3. The number of oxazole rings is 1. The fourth-order valence-corrected chi connectivity index (χ4v) is 4.64. The molecule has 0 saturated heterocycles. The summed E-state index contributed by atoms with van der Waals surface area (Å²) in [4.78, 5) is 63.5. The van der Waals surface area contributed by atoms with E-state index in [1.165, 1.54) is 25.2 Å². The number of pyridine rings is 1. The molecule has 1 aliphatic rings. The van der Waals surface area contributed by atoms with Gasteiger partial charge in [-0.2, -0.15) is 0 Å². The van der Waals surface area contributed by atoms with Crippen molar-refractivity contribution in [3.05, 3.63) is 59.9 Å². The number of carbonyl (C=O) groups excluding carboxylic acids is 4. The summed E-state index contributed by atoms with van der Waals surface area (Å²) in [5.41, 5.74) is -0.377. The molecule has 44 heavy (non-hydrogen) atoms. The van der Waals surface area contributed by atoms with E-state index in [0.29, 0.717) is 22.4 Å². The van der Waals surface area contributed by atoms with E-state index < -0.39 is 35.8 Å². The largest absolute Gasteiger partial charge is 0.495 e. The minimum Gasteiger partial charge on any atom is -0.495 e. The van der Waals surface area contributed by atoms with Gasteiger partial charge >= 0.3 is 5.97 Å². The quantitative estimate of drug-likeness (QED) is 0.279. The van der Waals surface area contributed by atoms with Gasteiger partial charge in [0.25, 0.3) is 5.91 Å². The highest BCUT2D eigenvalue weighted by atomic mass is 16.5. The van der Waals surface area contributed by atoms with Crippen LogP contribution in [0.3, 0.4) is 0 Å². The predicted molar refractivity (Wildman–Crippen MR) is 154 cm³/mol. The number of aromatic nitrogens is 2. The zero-order chi connectivity index (χ0) is 31.6. The molecule has 1 aromatic carbocycles. The van der Waals surface area contributed by atoms with E-state index in [-0.39, 0.29) is 48.4 Å². The van der Waals surface area contributed by atoms with Crippen molar-refractivity contribution in [3.8, 4) is 23.0 Å². The van der Waals surface area contributed by atoms with Crippen LogP contribution >= 0.6 is 0 Å². The van der Waals surface area contributed by atoms with Gasteiger partial charge < -0.3 is 38.2 Å². The Labute approximate surface area is 251 Å². The Morgan fingerprint density at radius 3 is 2.73 bits per heavy atom. The number of ether oxygens (including phenoxy) is 3. The summed E-state index contributed by atoms with van der Waals surface area (Å²) in [6, 6.07) is 8.32. The smallest absolute Gasteiger partial charge is 0.360 e. The van der Waals surface area contributed by atoms with Crippen molar-refractivity contribution in [1.29, 1.82) is 0 Å². The molecule has 4 aromatic rings. The standard InChI is InChI=1S/C30H31N5O9/c1-6-41-28(38)20-15-42-26(33-20)17-9-10-18-22(12-17)44-25-24(18)43-16-30(2,35(27(25)37)14-23(36)34(3)4)29(39)32-13-19-21(40-5)8-7-11-31-19/h7-12,15H,6,13-14,16H2,1-5H3,(H,32,39)/t30-/m1/s1. The van der Waals surface area contributed by atoms with E-state index in [9.17, 15) is 19.2 Å². The number of likely N-dealkylation sites (N-methyl/N-ethyl adjacent to an activating group) is 1. The number of furan rings is 1. The van der Waals surface area contributed by atoms with Crippen LogP contribution in [0, 0.1) is 0 Å². The molecule has 1 aliphatic heterocycles. The van der Waals surface area contributed by atoms with Crippen molar-refractivity contribution in [2.24, 2.45) is 0 Å². The molecule has 230 valence electrons. The Balaban J connectivity index is 1.47. The maximum Gasteiger partial charge on any atom is 0.360 e. The SMILES string of the molecule is CCOC(=O)c1coc(-c2ccc3c4c(oc3c2)C(=O)N(CC(=O)N(C)C)[C@@](C)(C(=O)NCc2ncccc2OC)CO4)n1. The number of rotatable bonds is 9. The molecule has 1 N–H and O–H groups in total. The first kappa shape index (κ1) is 30.1. The highest BCUT2D eigenvalue weighted by Crippen LogP contribution is 2.40. The average Bonchev–Trinajstić information content (AvgIpc) is 3.64. The fourth-order valence-electron chi connectivity index (χ4n) is 4.64. The minimum absolute atomic E-state index is 0.00996. The fraction of sp³-hybridized carbons (Fsp3) is 0.333. The lowest BCUT2D eigenvalue weighted by molar-refractivity contribution is -0.137. The lowest BCUT2D eigenvalue weighted by Crippen LogP contribution is -2.62. The first-order valence-corrected chi connectivity index (χ1v) is 13.7. The first-order valence-electron chi connectivity index (χ1n) is 13.7. The van der Waals surface area contributed by atoms with Crippen LogP contribution in [0.2, 0.25) is 0 Å². The summed E-state index contributed by atoms with van der Waals surface area (Å²) in [6.07, 6.45) is 2.76. The van der Waals surface area contributed by atoms with Crippen LogP contribution in [0.4, 0.5) is 0 Å². The van der Waals surface area contributed by atoms with Crippen molar-refractivity contribution in [3.63, 3.8) is 0 Å². The van der Waals surface area contributed by atoms with Gasteiger partial charge in [0.15, 0.2) is 17.0 Å². The molecular weight excluding hydrogens is 574 g/mol. The molecule has 3 aromatic heterocycles. The van der Waals surface area contributed by atoms with E-state index in [4.69, 9.17) is 23.0 Å². The molecule has 3 amide bonds. The number of hydrogen-bond acceptors (Lipinski definition) is 11.